The highest BCUT2D eigenvalue weighted by molar-refractivity contribution is 6.03. The molecule has 136 valence electrons. The summed E-state index contributed by atoms with van der Waals surface area (Å²) in [6.07, 6.45) is 1.54. The molecule has 1 amide bonds. The fourth-order valence-corrected chi connectivity index (χ4v) is 2.63. The van der Waals surface area contributed by atoms with Gasteiger partial charge in [0.15, 0.2) is 11.5 Å². The Bertz CT molecular complexity index is 973. The van der Waals surface area contributed by atoms with Crippen LogP contribution in [0.4, 0.5) is 17.3 Å². The lowest BCUT2D eigenvalue weighted by Crippen LogP contribution is -2.15. The number of anilines is 3. The van der Waals surface area contributed by atoms with Crippen LogP contribution in [-0.4, -0.2) is 29.1 Å². The normalized spacial score (nSPS) is 12.3. The van der Waals surface area contributed by atoms with Gasteiger partial charge in [0.25, 0.3) is 5.91 Å². The molecule has 7 nitrogen and oxygen atoms in total. The van der Waals surface area contributed by atoms with Crippen molar-refractivity contribution in [2.24, 2.45) is 0 Å². The summed E-state index contributed by atoms with van der Waals surface area (Å²) in [5, 5.41) is 5.91. The van der Waals surface area contributed by atoms with E-state index in [0.29, 0.717) is 36.3 Å². The maximum atomic E-state index is 12.4. The van der Waals surface area contributed by atoms with E-state index < -0.39 is 0 Å². The Balaban J connectivity index is 1.48. The van der Waals surface area contributed by atoms with Crippen LogP contribution in [0.25, 0.3) is 0 Å². The van der Waals surface area contributed by atoms with E-state index in [2.05, 4.69) is 20.6 Å². The largest absolute Gasteiger partial charge is 0.486 e. The second-order valence-electron chi connectivity index (χ2n) is 6.07. The number of fused-ring (bicyclic) bond motifs is 1. The second-order valence-corrected chi connectivity index (χ2v) is 6.07. The maximum Gasteiger partial charge on any atom is 0.274 e. The van der Waals surface area contributed by atoms with E-state index in [1.165, 1.54) is 6.20 Å². The van der Waals surface area contributed by atoms with Gasteiger partial charge in [-0.3, -0.25) is 4.79 Å². The van der Waals surface area contributed by atoms with Gasteiger partial charge in [-0.2, -0.15) is 0 Å². The fourth-order valence-electron chi connectivity index (χ4n) is 2.63. The van der Waals surface area contributed by atoms with E-state index in [-0.39, 0.29) is 11.6 Å². The molecule has 27 heavy (non-hydrogen) atoms. The third-order valence-corrected chi connectivity index (χ3v) is 4.00. The summed E-state index contributed by atoms with van der Waals surface area (Å²) < 4.78 is 11.1. The molecule has 0 aliphatic carbocycles. The molecule has 2 N–H and O–H groups in total. The van der Waals surface area contributed by atoms with Gasteiger partial charge in [0, 0.05) is 23.6 Å². The van der Waals surface area contributed by atoms with Crippen molar-refractivity contribution in [2.45, 2.75) is 6.92 Å². The SMILES string of the molecule is Cc1ccc(NC(=O)c2ccnc(Nc3ccc4c(c3)OCCO4)n2)cc1. The number of carbonyl (C=O) groups is 1. The highest BCUT2D eigenvalue weighted by Gasteiger charge is 2.13. The third-order valence-electron chi connectivity index (χ3n) is 4.00. The van der Waals surface area contributed by atoms with Gasteiger partial charge in [-0.1, -0.05) is 17.7 Å². The number of carbonyl (C=O) groups excluding carboxylic acids is 1. The number of hydrogen-bond acceptors (Lipinski definition) is 6. The Morgan fingerprint density at radius 3 is 2.52 bits per heavy atom. The Kier molecular flexibility index (Phi) is 4.57. The van der Waals surface area contributed by atoms with Crippen molar-refractivity contribution in [1.29, 1.82) is 0 Å². The first-order valence-electron chi connectivity index (χ1n) is 8.55. The zero-order valence-electron chi connectivity index (χ0n) is 14.7. The van der Waals surface area contributed by atoms with E-state index in [1.807, 2.05) is 49.4 Å². The minimum atomic E-state index is -0.300. The molecular weight excluding hydrogens is 344 g/mol. The van der Waals surface area contributed by atoms with Crippen LogP contribution in [0.2, 0.25) is 0 Å². The van der Waals surface area contributed by atoms with Crippen molar-refractivity contribution in [3.8, 4) is 11.5 Å². The Hall–Kier alpha value is -3.61. The molecule has 2 aromatic carbocycles. The van der Waals surface area contributed by atoms with E-state index in [9.17, 15) is 4.79 Å². The molecule has 3 aromatic rings. The second kappa shape index (κ2) is 7.33. The average molecular weight is 362 g/mol. The summed E-state index contributed by atoms with van der Waals surface area (Å²) in [5.74, 6) is 1.40. The first-order chi connectivity index (χ1) is 13.2. The Labute approximate surface area is 156 Å². The molecule has 7 heteroatoms. The molecule has 4 rings (SSSR count). The van der Waals surface area contributed by atoms with Crippen LogP contribution < -0.4 is 20.1 Å². The van der Waals surface area contributed by atoms with Crippen LogP contribution in [0, 0.1) is 6.92 Å². The van der Waals surface area contributed by atoms with Crippen LogP contribution in [0.15, 0.2) is 54.7 Å². The minimum absolute atomic E-state index is 0.269. The monoisotopic (exact) mass is 362 g/mol. The number of rotatable bonds is 4. The van der Waals surface area contributed by atoms with Crippen molar-refractivity contribution in [1.82, 2.24) is 9.97 Å². The number of aromatic nitrogens is 2. The molecular formula is C20H18N4O3. The highest BCUT2D eigenvalue weighted by atomic mass is 16.6. The first-order valence-corrected chi connectivity index (χ1v) is 8.55. The zero-order chi connectivity index (χ0) is 18.6. The van der Waals surface area contributed by atoms with Gasteiger partial charge in [-0.05, 0) is 37.3 Å². The molecule has 0 saturated carbocycles. The standard InChI is InChI=1S/C20H18N4O3/c1-13-2-4-14(5-3-13)22-19(25)16-8-9-21-20(24-16)23-15-6-7-17-18(12-15)27-11-10-26-17/h2-9,12H,10-11H2,1H3,(H,22,25)(H,21,23,24). The van der Waals surface area contributed by atoms with Crippen LogP contribution in [-0.2, 0) is 0 Å². The molecule has 0 bridgehead atoms. The molecule has 2 heterocycles. The van der Waals surface area contributed by atoms with Gasteiger partial charge in [0.05, 0.1) is 0 Å². The van der Waals surface area contributed by atoms with Crippen molar-refractivity contribution in [2.75, 3.05) is 23.8 Å². The maximum absolute atomic E-state index is 12.4. The van der Waals surface area contributed by atoms with Crippen molar-refractivity contribution < 1.29 is 14.3 Å². The summed E-state index contributed by atoms with van der Waals surface area (Å²) in [6, 6.07) is 14.6. The molecule has 0 fully saturated rings. The highest BCUT2D eigenvalue weighted by Crippen LogP contribution is 2.33. The quantitative estimate of drug-likeness (QED) is 0.738. The van der Waals surface area contributed by atoms with Crippen LogP contribution in [0.3, 0.4) is 0 Å². The minimum Gasteiger partial charge on any atom is -0.486 e. The van der Waals surface area contributed by atoms with Crippen LogP contribution >= 0.6 is 0 Å². The summed E-state index contributed by atoms with van der Waals surface area (Å²) in [6.45, 7) is 3.05. The summed E-state index contributed by atoms with van der Waals surface area (Å²) in [7, 11) is 0. The topological polar surface area (TPSA) is 85.4 Å². The number of hydrogen-bond donors (Lipinski definition) is 2. The van der Waals surface area contributed by atoms with Crippen LogP contribution in [0.1, 0.15) is 16.1 Å². The lowest BCUT2D eigenvalue weighted by atomic mass is 10.2. The van der Waals surface area contributed by atoms with Gasteiger partial charge >= 0.3 is 0 Å². The fraction of sp³-hybridized carbons (Fsp3) is 0.150. The first kappa shape index (κ1) is 16.8. The molecule has 0 spiro atoms. The van der Waals surface area contributed by atoms with Gasteiger partial charge in [-0.25, -0.2) is 9.97 Å². The van der Waals surface area contributed by atoms with E-state index in [1.54, 1.807) is 6.07 Å². The molecule has 1 aliphatic rings. The lowest BCUT2D eigenvalue weighted by molar-refractivity contribution is 0.102. The number of nitrogens with zero attached hydrogens (tertiary/aromatic N) is 2. The molecule has 0 unspecified atom stereocenters. The Morgan fingerprint density at radius 1 is 0.963 bits per heavy atom. The summed E-state index contributed by atoms with van der Waals surface area (Å²) in [4.78, 5) is 20.9. The van der Waals surface area contributed by atoms with Gasteiger partial charge < -0.3 is 20.1 Å². The molecule has 0 saturated heterocycles. The lowest BCUT2D eigenvalue weighted by Gasteiger charge is -2.19. The number of benzene rings is 2. The predicted molar refractivity (Wildman–Crippen MR) is 102 cm³/mol. The van der Waals surface area contributed by atoms with Gasteiger partial charge in [0.1, 0.15) is 18.9 Å². The van der Waals surface area contributed by atoms with E-state index in [0.717, 1.165) is 11.3 Å². The molecule has 0 atom stereocenters. The molecule has 1 aromatic heterocycles. The van der Waals surface area contributed by atoms with Crippen molar-refractivity contribution in [3.05, 3.63) is 66.0 Å². The van der Waals surface area contributed by atoms with Crippen molar-refractivity contribution >= 4 is 23.2 Å². The molecule has 1 aliphatic heterocycles. The van der Waals surface area contributed by atoms with Crippen molar-refractivity contribution in [3.63, 3.8) is 0 Å². The van der Waals surface area contributed by atoms with Crippen LogP contribution in [0.5, 0.6) is 11.5 Å². The van der Waals surface area contributed by atoms with E-state index >= 15 is 0 Å². The average Bonchev–Trinajstić information content (AvgIpc) is 2.70. The smallest absolute Gasteiger partial charge is 0.274 e. The zero-order valence-corrected chi connectivity index (χ0v) is 14.7. The van der Waals surface area contributed by atoms with Gasteiger partial charge in [-0.15, -0.1) is 0 Å². The summed E-state index contributed by atoms with van der Waals surface area (Å²) >= 11 is 0. The number of nitrogens with one attached hydrogen (secondary N) is 2. The molecule has 0 radical (unpaired) electrons. The number of aryl methyl sites for hydroxylation is 1. The Morgan fingerprint density at radius 2 is 1.70 bits per heavy atom. The number of amides is 1. The third kappa shape index (κ3) is 3.98. The predicted octanol–water partition coefficient (Wildman–Crippen LogP) is 3.55. The summed E-state index contributed by atoms with van der Waals surface area (Å²) in [5.41, 5.74) is 2.85. The number of ether oxygens (including phenoxy) is 2. The van der Waals surface area contributed by atoms with E-state index in [4.69, 9.17) is 9.47 Å². The van der Waals surface area contributed by atoms with Gasteiger partial charge in [0.2, 0.25) is 5.95 Å².